The van der Waals surface area contributed by atoms with Crippen LogP contribution in [0.25, 0.3) is 5.70 Å². The van der Waals surface area contributed by atoms with Crippen LogP contribution in [-0.4, -0.2) is 54.7 Å². The third-order valence-corrected chi connectivity index (χ3v) is 6.34. The molecule has 0 radical (unpaired) electrons. The second kappa shape index (κ2) is 9.37. The van der Waals surface area contributed by atoms with E-state index >= 15 is 0 Å². The van der Waals surface area contributed by atoms with Crippen LogP contribution in [-0.2, 0) is 22.6 Å². The second-order valence-corrected chi connectivity index (χ2v) is 8.11. The number of hydrogen-bond acceptors (Lipinski definition) is 4. The SMILES string of the molecule is C=C1c2ccc(CCC3CCCCN3C)cc2CN1C(CCC=O)C(=O)NC. The van der Waals surface area contributed by atoms with Gasteiger partial charge in [0, 0.05) is 37.3 Å². The monoisotopic (exact) mass is 383 g/mol. The molecule has 2 aliphatic rings. The molecule has 5 heteroatoms. The van der Waals surface area contributed by atoms with Crippen LogP contribution in [0.4, 0.5) is 0 Å². The topological polar surface area (TPSA) is 52.7 Å². The summed E-state index contributed by atoms with van der Waals surface area (Å²) in [6, 6.07) is 6.97. The fraction of sp³-hybridized carbons (Fsp3) is 0.565. The van der Waals surface area contributed by atoms with Crippen LogP contribution in [0.3, 0.4) is 0 Å². The van der Waals surface area contributed by atoms with E-state index < -0.39 is 0 Å². The lowest BCUT2D eigenvalue weighted by Crippen LogP contribution is -2.42. The van der Waals surface area contributed by atoms with E-state index in [-0.39, 0.29) is 11.9 Å². The summed E-state index contributed by atoms with van der Waals surface area (Å²) < 4.78 is 0. The number of piperidine rings is 1. The van der Waals surface area contributed by atoms with Crippen LogP contribution in [0, 0.1) is 0 Å². The van der Waals surface area contributed by atoms with Crippen LogP contribution < -0.4 is 5.32 Å². The standard InChI is InChI=1S/C23H33N3O2/c1-17-21-12-10-18(9-11-20-7-4-5-13-25(20)3)15-19(21)16-26(17)22(8-6-14-27)23(28)24-2/h10,12,14-15,20,22H,1,4-9,11,13,16H2,2-3H3,(H,24,28). The van der Waals surface area contributed by atoms with Gasteiger partial charge in [0.05, 0.1) is 0 Å². The van der Waals surface area contributed by atoms with Gasteiger partial charge in [-0.3, -0.25) is 4.79 Å². The highest BCUT2D eigenvalue weighted by atomic mass is 16.2. The highest BCUT2D eigenvalue weighted by Crippen LogP contribution is 2.35. The van der Waals surface area contributed by atoms with E-state index in [0.29, 0.717) is 25.4 Å². The molecule has 1 N–H and O–H groups in total. The predicted molar refractivity (Wildman–Crippen MR) is 113 cm³/mol. The highest BCUT2D eigenvalue weighted by Gasteiger charge is 2.32. The molecule has 2 aliphatic heterocycles. The third-order valence-electron chi connectivity index (χ3n) is 6.34. The van der Waals surface area contributed by atoms with Gasteiger partial charge in [-0.15, -0.1) is 0 Å². The Morgan fingerprint density at radius 1 is 1.39 bits per heavy atom. The molecule has 0 saturated carbocycles. The fourth-order valence-electron chi connectivity index (χ4n) is 4.61. The molecule has 1 fully saturated rings. The Labute approximate surface area is 168 Å². The number of benzene rings is 1. The van der Waals surface area contributed by atoms with Crippen molar-refractivity contribution in [3.63, 3.8) is 0 Å². The zero-order chi connectivity index (χ0) is 20.1. The average molecular weight is 384 g/mol. The number of aryl methyl sites for hydroxylation is 1. The summed E-state index contributed by atoms with van der Waals surface area (Å²) in [5.74, 6) is -0.0589. The van der Waals surface area contributed by atoms with Crippen LogP contribution in [0.1, 0.15) is 55.2 Å². The molecular formula is C23H33N3O2. The Hall–Kier alpha value is -2.14. The number of hydrogen-bond donors (Lipinski definition) is 1. The highest BCUT2D eigenvalue weighted by molar-refractivity contribution is 5.84. The van der Waals surface area contributed by atoms with E-state index in [9.17, 15) is 9.59 Å². The first-order valence-corrected chi connectivity index (χ1v) is 10.5. The molecule has 2 heterocycles. The van der Waals surface area contributed by atoms with Gasteiger partial charge in [0.1, 0.15) is 12.3 Å². The first kappa shape index (κ1) is 20.6. The summed E-state index contributed by atoms with van der Waals surface area (Å²) in [7, 11) is 3.88. The molecule has 1 aromatic rings. The minimum atomic E-state index is -0.352. The zero-order valence-corrected chi connectivity index (χ0v) is 17.2. The second-order valence-electron chi connectivity index (χ2n) is 8.11. The molecule has 0 aliphatic carbocycles. The van der Waals surface area contributed by atoms with Crippen molar-refractivity contribution in [2.75, 3.05) is 20.6 Å². The Kier molecular flexibility index (Phi) is 6.89. The molecule has 1 amide bonds. The van der Waals surface area contributed by atoms with Crippen molar-refractivity contribution in [1.82, 2.24) is 15.1 Å². The maximum Gasteiger partial charge on any atom is 0.242 e. The fourth-order valence-corrected chi connectivity index (χ4v) is 4.61. The maximum atomic E-state index is 12.4. The van der Waals surface area contributed by atoms with Gasteiger partial charge in [0.25, 0.3) is 0 Å². The van der Waals surface area contributed by atoms with Crippen molar-refractivity contribution in [2.24, 2.45) is 0 Å². The summed E-state index contributed by atoms with van der Waals surface area (Å²) >= 11 is 0. The molecule has 2 atom stereocenters. The van der Waals surface area contributed by atoms with Crippen molar-refractivity contribution in [3.8, 4) is 0 Å². The first-order valence-electron chi connectivity index (χ1n) is 10.5. The van der Waals surface area contributed by atoms with Gasteiger partial charge in [-0.1, -0.05) is 31.2 Å². The predicted octanol–water partition coefficient (Wildman–Crippen LogP) is 2.98. The van der Waals surface area contributed by atoms with Crippen LogP contribution in [0.2, 0.25) is 0 Å². The van der Waals surface area contributed by atoms with Gasteiger partial charge in [0.2, 0.25) is 5.91 Å². The van der Waals surface area contributed by atoms with Crippen molar-refractivity contribution in [3.05, 3.63) is 41.5 Å². The average Bonchev–Trinajstić information content (AvgIpc) is 3.03. The number of amides is 1. The van der Waals surface area contributed by atoms with Crippen LogP contribution in [0.5, 0.6) is 0 Å². The third kappa shape index (κ3) is 4.46. The summed E-state index contributed by atoms with van der Waals surface area (Å²) in [6.07, 6.45) is 8.00. The molecule has 0 bridgehead atoms. The number of nitrogens with zero attached hydrogens (tertiary/aromatic N) is 2. The summed E-state index contributed by atoms with van der Waals surface area (Å²) in [5, 5.41) is 2.73. The van der Waals surface area contributed by atoms with E-state index in [1.807, 2.05) is 4.90 Å². The minimum Gasteiger partial charge on any atom is -0.357 e. The molecular weight excluding hydrogens is 350 g/mol. The van der Waals surface area contributed by atoms with E-state index in [4.69, 9.17) is 0 Å². The molecule has 3 rings (SSSR count). The number of nitrogens with one attached hydrogen (secondary N) is 1. The normalized spacial score (nSPS) is 20.7. The van der Waals surface area contributed by atoms with Crippen LogP contribution >= 0.6 is 0 Å². The minimum absolute atomic E-state index is 0.0589. The Morgan fingerprint density at radius 2 is 2.21 bits per heavy atom. The molecule has 5 nitrogen and oxygen atoms in total. The zero-order valence-electron chi connectivity index (χ0n) is 17.2. The number of aldehydes is 1. The molecule has 0 aromatic heterocycles. The van der Waals surface area contributed by atoms with Gasteiger partial charge in [-0.05, 0) is 56.8 Å². The molecule has 2 unspecified atom stereocenters. The lowest BCUT2D eigenvalue weighted by Gasteiger charge is -2.32. The van der Waals surface area contributed by atoms with Gasteiger partial charge in [-0.25, -0.2) is 0 Å². The van der Waals surface area contributed by atoms with Crippen molar-refractivity contribution in [2.45, 2.75) is 63.6 Å². The number of carbonyl (C=O) groups excluding carboxylic acids is 2. The quantitative estimate of drug-likeness (QED) is 0.701. The maximum absolute atomic E-state index is 12.4. The van der Waals surface area contributed by atoms with Crippen molar-refractivity contribution in [1.29, 1.82) is 0 Å². The van der Waals surface area contributed by atoms with Gasteiger partial charge in [-0.2, -0.15) is 0 Å². The van der Waals surface area contributed by atoms with E-state index in [1.54, 1.807) is 7.05 Å². The lowest BCUT2D eigenvalue weighted by atomic mass is 9.95. The number of likely N-dealkylation sites (N-methyl/N-ethyl adjacent to an activating group) is 1. The molecule has 28 heavy (non-hydrogen) atoms. The Balaban J connectivity index is 1.68. The Bertz CT molecular complexity index is 731. The van der Waals surface area contributed by atoms with Gasteiger partial charge >= 0.3 is 0 Å². The summed E-state index contributed by atoms with van der Waals surface area (Å²) in [4.78, 5) is 27.7. The van der Waals surface area contributed by atoms with E-state index in [0.717, 1.165) is 24.0 Å². The smallest absolute Gasteiger partial charge is 0.242 e. The lowest BCUT2D eigenvalue weighted by molar-refractivity contribution is -0.125. The largest absolute Gasteiger partial charge is 0.357 e. The summed E-state index contributed by atoms with van der Waals surface area (Å²) in [5.41, 5.74) is 4.60. The number of rotatable bonds is 8. The molecule has 0 spiro atoms. The number of fused-ring (bicyclic) bond motifs is 1. The van der Waals surface area contributed by atoms with Crippen molar-refractivity contribution >= 4 is 17.9 Å². The van der Waals surface area contributed by atoms with E-state index in [1.165, 1.54) is 43.4 Å². The Morgan fingerprint density at radius 3 is 2.93 bits per heavy atom. The summed E-state index contributed by atoms with van der Waals surface area (Å²) in [6.45, 7) is 6.13. The molecule has 1 aromatic carbocycles. The number of likely N-dealkylation sites (tertiary alicyclic amines) is 1. The molecule has 1 saturated heterocycles. The van der Waals surface area contributed by atoms with E-state index in [2.05, 4.69) is 42.0 Å². The number of carbonyl (C=O) groups is 2. The van der Waals surface area contributed by atoms with Gasteiger partial charge in [0.15, 0.2) is 0 Å². The van der Waals surface area contributed by atoms with Gasteiger partial charge < -0.3 is 19.9 Å². The van der Waals surface area contributed by atoms with Crippen LogP contribution in [0.15, 0.2) is 24.8 Å². The molecule has 152 valence electrons. The van der Waals surface area contributed by atoms with Crippen molar-refractivity contribution < 1.29 is 9.59 Å². The first-order chi connectivity index (χ1) is 13.5.